The van der Waals surface area contributed by atoms with E-state index in [4.69, 9.17) is 0 Å². The third kappa shape index (κ3) is 3.31. The minimum Gasteiger partial charge on any atom is -0.318 e. The van der Waals surface area contributed by atoms with Crippen molar-refractivity contribution in [2.75, 3.05) is 0 Å². The number of aromatic nitrogens is 1. The summed E-state index contributed by atoms with van der Waals surface area (Å²) in [4.78, 5) is 11.2. The molecule has 0 bridgehead atoms. The molecule has 0 amide bonds. The second-order valence-electron chi connectivity index (χ2n) is 4.26. The Kier molecular flexibility index (Phi) is 4.01. The van der Waals surface area contributed by atoms with E-state index in [1.165, 1.54) is 22.8 Å². The third-order valence-electron chi connectivity index (χ3n) is 2.74. The second-order valence-corrected chi connectivity index (χ2v) is 6.03. The Bertz CT molecular complexity index is 767. The van der Waals surface area contributed by atoms with Crippen molar-refractivity contribution < 1.29 is 12.8 Å². The van der Waals surface area contributed by atoms with Crippen molar-refractivity contribution in [3.63, 3.8) is 0 Å². The molecule has 0 aliphatic rings. The highest BCUT2D eigenvalue weighted by Gasteiger charge is 2.13. The molecular formula is C13H13FN2O3S. The van der Waals surface area contributed by atoms with E-state index >= 15 is 0 Å². The Hall–Kier alpha value is -1.99. The Labute approximate surface area is 115 Å². The minimum atomic E-state index is -3.70. The van der Waals surface area contributed by atoms with Gasteiger partial charge in [0.2, 0.25) is 15.6 Å². The molecule has 0 radical (unpaired) electrons. The van der Waals surface area contributed by atoms with E-state index in [-0.39, 0.29) is 17.0 Å². The highest BCUT2D eigenvalue weighted by Crippen LogP contribution is 2.10. The SMILES string of the molecule is Cn1cc(CNS(=O)(=O)c2ccc(F)cc2)ccc1=O. The maximum atomic E-state index is 12.8. The molecule has 0 atom stereocenters. The number of halogens is 1. The molecule has 2 rings (SSSR count). The van der Waals surface area contributed by atoms with Crippen molar-refractivity contribution in [1.29, 1.82) is 0 Å². The molecule has 0 aliphatic heterocycles. The van der Waals surface area contributed by atoms with Gasteiger partial charge in [-0.3, -0.25) is 4.79 Å². The van der Waals surface area contributed by atoms with Gasteiger partial charge in [-0.1, -0.05) is 6.07 Å². The zero-order valence-electron chi connectivity index (χ0n) is 10.7. The van der Waals surface area contributed by atoms with Crippen LogP contribution in [0.2, 0.25) is 0 Å². The molecule has 106 valence electrons. The molecule has 0 fully saturated rings. The Morgan fingerprint density at radius 3 is 2.40 bits per heavy atom. The summed E-state index contributed by atoms with van der Waals surface area (Å²) in [6.07, 6.45) is 1.55. The average Bonchev–Trinajstić information content (AvgIpc) is 2.41. The maximum absolute atomic E-state index is 12.8. The fourth-order valence-corrected chi connectivity index (χ4v) is 2.65. The Morgan fingerprint density at radius 1 is 1.15 bits per heavy atom. The van der Waals surface area contributed by atoms with E-state index in [1.807, 2.05) is 0 Å². The number of pyridine rings is 1. The fraction of sp³-hybridized carbons (Fsp3) is 0.154. The van der Waals surface area contributed by atoms with Crippen molar-refractivity contribution >= 4 is 10.0 Å². The van der Waals surface area contributed by atoms with Crippen LogP contribution >= 0.6 is 0 Å². The zero-order valence-corrected chi connectivity index (χ0v) is 11.5. The van der Waals surface area contributed by atoms with E-state index in [2.05, 4.69) is 4.72 Å². The summed E-state index contributed by atoms with van der Waals surface area (Å²) in [6, 6.07) is 7.47. The highest BCUT2D eigenvalue weighted by molar-refractivity contribution is 7.89. The van der Waals surface area contributed by atoms with Gasteiger partial charge in [-0.05, 0) is 29.8 Å². The molecule has 0 saturated heterocycles. The van der Waals surface area contributed by atoms with Crippen LogP contribution in [-0.4, -0.2) is 13.0 Å². The zero-order chi connectivity index (χ0) is 14.8. The monoisotopic (exact) mass is 296 g/mol. The van der Waals surface area contributed by atoms with Gasteiger partial charge in [0.1, 0.15) is 5.82 Å². The molecule has 0 saturated carbocycles. The second kappa shape index (κ2) is 5.56. The van der Waals surface area contributed by atoms with Crippen molar-refractivity contribution in [2.45, 2.75) is 11.4 Å². The van der Waals surface area contributed by atoms with Gasteiger partial charge in [0.15, 0.2) is 0 Å². The van der Waals surface area contributed by atoms with Gasteiger partial charge in [-0.25, -0.2) is 17.5 Å². The van der Waals surface area contributed by atoms with E-state index in [1.54, 1.807) is 19.3 Å². The molecule has 0 spiro atoms. The molecule has 0 unspecified atom stereocenters. The predicted octanol–water partition coefficient (Wildman–Crippen LogP) is 1.00. The smallest absolute Gasteiger partial charge is 0.250 e. The molecular weight excluding hydrogens is 283 g/mol. The first-order chi connectivity index (χ1) is 9.38. The van der Waals surface area contributed by atoms with Crippen LogP contribution in [0.15, 0.2) is 52.3 Å². The normalized spacial score (nSPS) is 11.5. The summed E-state index contributed by atoms with van der Waals surface area (Å²) in [5.41, 5.74) is 0.480. The first-order valence-corrected chi connectivity index (χ1v) is 7.27. The van der Waals surface area contributed by atoms with Gasteiger partial charge in [0.25, 0.3) is 0 Å². The number of rotatable bonds is 4. The average molecular weight is 296 g/mol. The summed E-state index contributed by atoms with van der Waals surface area (Å²) < 4.78 is 40.4. The Balaban J connectivity index is 2.14. The van der Waals surface area contributed by atoms with Crippen LogP contribution in [0.25, 0.3) is 0 Å². The molecule has 1 heterocycles. The summed E-state index contributed by atoms with van der Waals surface area (Å²) >= 11 is 0. The van der Waals surface area contributed by atoms with E-state index < -0.39 is 15.8 Å². The lowest BCUT2D eigenvalue weighted by Gasteiger charge is -2.07. The number of hydrogen-bond acceptors (Lipinski definition) is 3. The predicted molar refractivity (Wildman–Crippen MR) is 72.1 cm³/mol. The van der Waals surface area contributed by atoms with Crippen LogP contribution in [0, 0.1) is 5.82 Å². The van der Waals surface area contributed by atoms with Crippen molar-refractivity contribution in [3.05, 3.63) is 64.3 Å². The first-order valence-electron chi connectivity index (χ1n) is 5.79. The quantitative estimate of drug-likeness (QED) is 0.915. The standard InChI is InChI=1S/C13H13FN2O3S/c1-16-9-10(2-7-13(16)17)8-15-20(18,19)12-5-3-11(14)4-6-12/h2-7,9,15H,8H2,1H3. The maximum Gasteiger partial charge on any atom is 0.250 e. The highest BCUT2D eigenvalue weighted by atomic mass is 32.2. The number of hydrogen-bond donors (Lipinski definition) is 1. The summed E-state index contributed by atoms with van der Waals surface area (Å²) in [6.45, 7) is 0.0494. The first kappa shape index (κ1) is 14.4. The molecule has 1 N–H and O–H groups in total. The van der Waals surface area contributed by atoms with E-state index in [9.17, 15) is 17.6 Å². The summed E-state index contributed by atoms with van der Waals surface area (Å²) in [5, 5.41) is 0. The molecule has 2 aromatic rings. The number of aryl methyl sites for hydroxylation is 1. The third-order valence-corrected chi connectivity index (χ3v) is 4.15. The lowest BCUT2D eigenvalue weighted by atomic mass is 10.3. The van der Waals surface area contributed by atoms with Crippen LogP contribution in [0.5, 0.6) is 0 Å². The largest absolute Gasteiger partial charge is 0.318 e. The van der Waals surface area contributed by atoms with Gasteiger partial charge in [0.05, 0.1) is 4.90 Å². The van der Waals surface area contributed by atoms with Gasteiger partial charge >= 0.3 is 0 Å². The Morgan fingerprint density at radius 2 is 1.80 bits per heavy atom. The number of nitrogens with one attached hydrogen (secondary N) is 1. The number of benzene rings is 1. The van der Waals surface area contributed by atoms with Crippen molar-refractivity contribution in [2.24, 2.45) is 7.05 Å². The molecule has 5 nitrogen and oxygen atoms in total. The molecule has 1 aromatic carbocycles. The molecule has 7 heteroatoms. The summed E-state index contributed by atoms with van der Waals surface area (Å²) in [5.74, 6) is -0.498. The molecule has 20 heavy (non-hydrogen) atoms. The van der Waals surface area contributed by atoms with Gasteiger partial charge in [-0.15, -0.1) is 0 Å². The van der Waals surface area contributed by atoms with Crippen LogP contribution < -0.4 is 10.3 Å². The van der Waals surface area contributed by atoms with Crippen molar-refractivity contribution in [3.8, 4) is 0 Å². The van der Waals surface area contributed by atoms with Crippen LogP contribution in [0.4, 0.5) is 4.39 Å². The number of sulfonamides is 1. The van der Waals surface area contributed by atoms with Crippen molar-refractivity contribution in [1.82, 2.24) is 9.29 Å². The van der Waals surface area contributed by atoms with Gasteiger partial charge in [0, 0.05) is 25.9 Å². The van der Waals surface area contributed by atoms with E-state index in [0.29, 0.717) is 5.56 Å². The number of nitrogens with zero attached hydrogens (tertiary/aromatic N) is 1. The van der Waals surface area contributed by atoms with Crippen LogP contribution in [0.3, 0.4) is 0 Å². The van der Waals surface area contributed by atoms with Gasteiger partial charge < -0.3 is 4.57 Å². The van der Waals surface area contributed by atoms with Crippen LogP contribution in [0.1, 0.15) is 5.56 Å². The fourth-order valence-electron chi connectivity index (χ4n) is 1.63. The molecule has 1 aromatic heterocycles. The minimum absolute atomic E-state index is 0.0104. The lowest BCUT2D eigenvalue weighted by Crippen LogP contribution is -2.24. The van der Waals surface area contributed by atoms with E-state index in [0.717, 1.165) is 12.1 Å². The topological polar surface area (TPSA) is 68.2 Å². The van der Waals surface area contributed by atoms with Gasteiger partial charge in [-0.2, -0.15) is 0 Å². The molecule has 0 aliphatic carbocycles. The van der Waals surface area contributed by atoms with Crippen LogP contribution in [-0.2, 0) is 23.6 Å². The lowest BCUT2D eigenvalue weighted by molar-refractivity contribution is 0.580. The summed E-state index contributed by atoms with van der Waals surface area (Å²) in [7, 11) is -2.12.